The van der Waals surface area contributed by atoms with Gasteiger partial charge in [0.25, 0.3) is 0 Å². The van der Waals surface area contributed by atoms with E-state index >= 15 is 0 Å². The average Bonchev–Trinajstić information content (AvgIpc) is 2.84. The first-order valence-electron chi connectivity index (χ1n) is 4.31. The normalized spacial score (nSPS) is 24.8. The van der Waals surface area contributed by atoms with Gasteiger partial charge in [-0.05, 0) is 23.3 Å². The molecule has 1 unspecified atom stereocenters. The maximum Gasteiger partial charge on any atom is 0.122 e. The molecule has 1 saturated heterocycles. The van der Waals surface area contributed by atoms with E-state index < -0.39 is 0 Å². The van der Waals surface area contributed by atoms with Crippen LogP contribution in [0.5, 0.6) is 5.75 Å². The van der Waals surface area contributed by atoms with Crippen LogP contribution in [-0.4, -0.2) is 13.2 Å². The van der Waals surface area contributed by atoms with Crippen molar-refractivity contribution in [2.45, 2.75) is 12.5 Å². The van der Waals surface area contributed by atoms with Crippen LogP contribution in [0.25, 0.3) is 0 Å². The van der Waals surface area contributed by atoms with E-state index in [-0.39, 0.29) is 0 Å². The fraction of sp³-hybridized carbons (Fsp3) is 0.400. The zero-order chi connectivity index (χ0) is 7.97. The van der Waals surface area contributed by atoms with Crippen LogP contribution in [0.3, 0.4) is 0 Å². The van der Waals surface area contributed by atoms with E-state index in [9.17, 15) is 0 Å². The second kappa shape index (κ2) is 2.23. The SMILES string of the molecule is c1cc2c(cc1C1CO1)CCO2. The van der Waals surface area contributed by atoms with Gasteiger partial charge < -0.3 is 9.47 Å². The number of hydrogen-bond donors (Lipinski definition) is 0. The highest BCUT2D eigenvalue weighted by Crippen LogP contribution is 2.34. The molecular formula is C10H10O2. The summed E-state index contributed by atoms with van der Waals surface area (Å²) in [7, 11) is 0. The van der Waals surface area contributed by atoms with Crippen molar-refractivity contribution in [3.8, 4) is 5.75 Å². The van der Waals surface area contributed by atoms with E-state index in [1.807, 2.05) is 0 Å². The maximum atomic E-state index is 5.41. The third-order valence-electron chi connectivity index (χ3n) is 2.42. The van der Waals surface area contributed by atoms with E-state index in [1.165, 1.54) is 11.1 Å². The highest BCUT2D eigenvalue weighted by molar-refractivity contribution is 5.41. The summed E-state index contributed by atoms with van der Waals surface area (Å²) in [6.45, 7) is 1.73. The first kappa shape index (κ1) is 6.49. The lowest BCUT2D eigenvalue weighted by Gasteiger charge is -2.00. The topological polar surface area (TPSA) is 21.8 Å². The molecule has 2 heteroatoms. The summed E-state index contributed by atoms with van der Waals surface area (Å²) in [5, 5.41) is 0. The van der Waals surface area contributed by atoms with E-state index in [4.69, 9.17) is 9.47 Å². The minimum Gasteiger partial charge on any atom is -0.493 e. The highest BCUT2D eigenvalue weighted by Gasteiger charge is 2.26. The summed E-state index contributed by atoms with van der Waals surface area (Å²) in [5.74, 6) is 1.06. The Morgan fingerprint density at radius 3 is 3.08 bits per heavy atom. The molecule has 1 fully saturated rings. The maximum absolute atomic E-state index is 5.41. The largest absolute Gasteiger partial charge is 0.493 e. The Bertz CT molecular complexity index is 316. The quantitative estimate of drug-likeness (QED) is 0.586. The Kier molecular flexibility index (Phi) is 1.21. The van der Waals surface area contributed by atoms with E-state index in [1.54, 1.807) is 0 Å². The molecule has 1 atom stereocenters. The fourth-order valence-electron chi connectivity index (χ4n) is 1.65. The molecule has 0 aromatic heterocycles. The lowest BCUT2D eigenvalue weighted by Crippen LogP contribution is -1.85. The van der Waals surface area contributed by atoms with Crippen LogP contribution in [0.1, 0.15) is 17.2 Å². The van der Waals surface area contributed by atoms with Gasteiger partial charge in [0.15, 0.2) is 0 Å². The summed E-state index contributed by atoms with van der Waals surface area (Å²) in [6, 6.07) is 6.36. The molecule has 0 N–H and O–H groups in total. The van der Waals surface area contributed by atoms with Gasteiger partial charge in [-0.3, -0.25) is 0 Å². The van der Waals surface area contributed by atoms with Crippen molar-refractivity contribution in [2.75, 3.05) is 13.2 Å². The summed E-state index contributed by atoms with van der Waals surface area (Å²) in [4.78, 5) is 0. The lowest BCUT2D eigenvalue weighted by atomic mass is 10.1. The number of hydrogen-bond acceptors (Lipinski definition) is 2. The molecule has 1 aromatic carbocycles. The highest BCUT2D eigenvalue weighted by atomic mass is 16.6. The van der Waals surface area contributed by atoms with Gasteiger partial charge in [-0.15, -0.1) is 0 Å². The number of fused-ring (bicyclic) bond motifs is 1. The second-order valence-corrected chi connectivity index (χ2v) is 3.29. The minimum atomic E-state index is 0.371. The molecule has 12 heavy (non-hydrogen) atoms. The average molecular weight is 162 g/mol. The van der Waals surface area contributed by atoms with Gasteiger partial charge >= 0.3 is 0 Å². The molecule has 2 aliphatic rings. The number of benzene rings is 1. The van der Waals surface area contributed by atoms with E-state index in [0.717, 1.165) is 25.4 Å². The molecule has 62 valence electrons. The molecule has 3 rings (SSSR count). The Balaban J connectivity index is 2.03. The molecule has 0 spiro atoms. The third kappa shape index (κ3) is 0.916. The Morgan fingerprint density at radius 1 is 1.33 bits per heavy atom. The molecule has 1 aromatic rings. The molecule has 2 aliphatic heterocycles. The Labute approximate surface area is 71.1 Å². The van der Waals surface area contributed by atoms with Crippen LogP contribution in [0.15, 0.2) is 18.2 Å². The molecule has 0 bridgehead atoms. The van der Waals surface area contributed by atoms with Gasteiger partial charge in [0, 0.05) is 6.42 Å². The van der Waals surface area contributed by atoms with E-state index in [0.29, 0.717) is 6.10 Å². The Hall–Kier alpha value is -1.02. The van der Waals surface area contributed by atoms with Crippen LogP contribution in [0.4, 0.5) is 0 Å². The monoisotopic (exact) mass is 162 g/mol. The van der Waals surface area contributed by atoms with Crippen molar-refractivity contribution in [3.63, 3.8) is 0 Å². The van der Waals surface area contributed by atoms with Crippen molar-refractivity contribution in [3.05, 3.63) is 29.3 Å². The fourth-order valence-corrected chi connectivity index (χ4v) is 1.65. The van der Waals surface area contributed by atoms with Crippen molar-refractivity contribution < 1.29 is 9.47 Å². The molecule has 2 nitrogen and oxygen atoms in total. The minimum absolute atomic E-state index is 0.371. The number of ether oxygens (including phenoxy) is 2. The van der Waals surface area contributed by atoms with Gasteiger partial charge in [0.05, 0.1) is 13.2 Å². The van der Waals surface area contributed by atoms with Crippen LogP contribution in [0.2, 0.25) is 0 Å². The zero-order valence-electron chi connectivity index (χ0n) is 6.75. The van der Waals surface area contributed by atoms with Crippen LogP contribution < -0.4 is 4.74 Å². The van der Waals surface area contributed by atoms with Crippen LogP contribution in [-0.2, 0) is 11.2 Å². The molecule has 0 radical (unpaired) electrons. The number of rotatable bonds is 1. The Morgan fingerprint density at radius 2 is 2.25 bits per heavy atom. The van der Waals surface area contributed by atoms with Gasteiger partial charge in [-0.2, -0.15) is 0 Å². The first-order chi connectivity index (χ1) is 5.93. The van der Waals surface area contributed by atoms with Crippen molar-refractivity contribution in [2.24, 2.45) is 0 Å². The van der Waals surface area contributed by atoms with Gasteiger partial charge in [0.1, 0.15) is 11.9 Å². The van der Waals surface area contributed by atoms with Crippen LogP contribution in [0, 0.1) is 0 Å². The molecule has 2 heterocycles. The number of epoxide rings is 1. The third-order valence-corrected chi connectivity index (χ3v) is 2.42. The van der Waals surface area contributed by atoms with Crippen molar-refractivity contribution in [1.82, 2.24) is 0 Å². The standard InChI is InChI=1S/C10H10O2/c1-2-9-8(3-4-11-9)5-7(1)10-6-12-10/h1-2,5,10H,3-4,6H2. The smallest absolute Gasteiger partial charge is 0.122 e. The summed E-state index contributed by atoms with van der Waals surface area (Å²) in [6.07, 6.45) is 1.42. The predicted octanol–water partition coefficient (Wildman–Crippen LogP) is 1.69. The van der Waals surface area contributed by atoms with Gasteiger partial charge in [-0.1, -0.05) is 6.07 Å². The first-order valence-corrected chi connectivity index (χ1v) is 4.31. The zero-order valence-corrected chi connectivity index (χ0v) is 6.75. The summed E-state index contributed by atoms with van der Waals surface area (Å²) < 4.78 is 10.6. The molecule has 0 amide bonds. The van der Waals surface area contributed by atoms with Crippen molar-refractivity contribution in [1.29, 1.82) is 0 Å². The predicted molar refractivity (Wildman–Crippen MR) is 44.3 cm³/mol. The lowest BCUT2D eigenvalue weighted by molar-refractivity contribution is 0.356. The second-order valence-electron chi connectivity index (χ2n) is 3.29. The molecule has 0 aliphatic carbocycles. The summed E-state index contributed by atoms with van der Waals surface area (Å²) in [5.41, 5.74) is 2.64. The van der Waals surface area contributed by atoms with Crippen molar-refractivity contribution >= 4 is 0 Å². The molecule has 0 saturated carbocycles. The van der Waals surface area contributed by atoms with Crippen LogP contribution >= 0.6 is 0 Å². The molecular weight excluding hydrogens is 152 g/mol. The van der Waals surface area contributed by atoms with Gasteiger partial charge in [0.2, 0.25) is 0 Å². The van der Waals surface area contributed by atoms with Gasteiger partial charge in [-0.25, -0.2) is 0 Å². The summed E-state index contributed by atoms with van der Waals surface area (Å²) >= 11 is 0. The van der Waals surface area contributed by atoms with E-state index in [2.05, 4.69) is 18.2 Å².